The van der Waals surface area contributed by atoms with Crippen LogP contribution in [0.5, 0.6) is 5.75 Å². The summed E-state index contributed by atoms with van der Waals surface area (Å²) in [6, 6.07) is 6.31. The highest BCUT2D eigenvalue weighted by atomic mass is 127. The number of hydrogen-bond acceptors (Lipinski definition) is 4. The van der Waals surface area contributed by atoms with Crippen molar-refractivity contribution >= 4 is 29.9 Å². The molecule has 1 fully saturated rings. The molecular weight excluding hydrogens is 467 g/mol. The number of guanidine groups is 1. The second kappa shape index (κ2) is 14.0. The number of hydrogen-bond donors (Lipinski definition) is 2. The van der Waals surface area contributed by atoms with Crippen LogP contribution in [-0.2, 0) is 11.3 Å². The predicted octanol–water partition coefficient (Wildman–Crippen LogP) is 3.18. The van der Waals surface area contributed by atoms with Gasteiger partial charge in [0.1, 0.15) is 5.75 Å². The number of aliphatic imine (C=N–C) groups is 1. The fraction of sp³-hybridized carbons (Fsp3) is 0.667. The van der Waals surface area contributed by atoms with Gasteiger partial charge in [0, 0.05) is 31.7 Å². The first-order chi connectivity index (χ1) is 13.1. The quantitative estimate of drug-likeness (QED) is 0.234. The molecule has 1 aromatic rings. The topological polar surface area (TPSA) is 58.1 Å². The maximum absolute atomic E-state index is 5.96. The highest BCUT2D eigenvalue weighted by Gasteiger charge is 2.10. The van der Waals surface area contributed by atoms with Crippen LogP contribution in [-0.4, -0.2) is 62.9 Å². The molecule has 0 unspecified atom stereocenters. The van der Waals surface area contributed by atoms with Gasteiger partial charge in [-0.2, -0.15) is 0 Å². The predicted molar refractivity (Wildman–Crippen MR) is 127 cm³/mol. The Kier molecular flexibility index (Phi) is 12.5. The van der Waals surface area contributed by atoms with Gasteiger partial charge < -0.3 is 20.1 Å². The minimum atomic E-state index is 0. The molecule has 1 aromatic carbocycles. The first-order valence-electron chi connectivity index (χ1n) is 10.2. The minimum Gasteiger partial charge on any atom is -0.491 e. The van der Waals surface area contributed by atoms with Crippen LogP contribution in [0.4, 0.5) is 0 Å². The molecule has 0 aliphatic carbocycles. The Balaban J connectivity index is 0.00000392. The fourth-order valence-electron chi connectivity index (χ4n) is 3.00. The van der Waals surface area contributed by atoms with Gasteiger partial charge in [-0.15, -0.1) is 24.0 Å². The normalized spacial score (nSPS) is 15.2. The molecule has 2 N–H and O–H groups in total. The van der Waals surface area contributed by atoms with Crippen molar-refractivity contribution in [1.82, 2.24) is 15.5 Å². The molecule has 160 valence electrons. The zero-order valence-corrected chi connectivity index (χ0v) is 20.1. The average molecular weight is 504 g/mol. The van der Waals surface area contributed by atoms with Crippen molar-refractivity contribution in [1.29, 1.82) is 0 Å². The minimum absolute atomic E-state index is 0. The number of halogens is 1. The molecule has 1 heterocycles. The number of morpholine rings is 1. The zero-order valence-electron chi connectivity index (χ0n) is 17.8. The maximum Gasteiger partial charge on any atom is 0.191 e. The summed E-state index contributed by atoms with van der Waals surface area (Å²) >= 11 is 0. The molecular formula is C21H37IN4O2. The number of nitrogens with one attached hydrogen (secondary N) is 2. The van der Waals surface area contributed by atoms with E-state index in [-0.39, 0.29) is 30.1 Å². The first kappa shape index (κ1) is 25.0. The monoisotopic (exact) mass is 504 g/mol. The highest BCUT2D eigenvalue weighted by molar-refractivity contribution is 14.0. The number of aryl methyl sites for hydroxylation is 1. The standard InChI is InChI=1S/C21H36N4O2.HI/c1-5-22-21(23-9-6-10-25-11-13-26-14-12-25)24-16-19-8-7-18(4)15-20(19)27-17(2)3;/h7-8,15,17H,5-6,9-14,16H2,1-4H3,(H2,22,23,24);1H. The Morgan fingerprint density at radius 2 is 2.00 bits per heavy atom. The van der Waals surface area contributed by atoms with Gasteiger partial charge in [-0.05, 0) is 52.3 Å². The van der Waals surface area contributed by atoms with E-state index in [1.807, 2.05) is 0 Å². The molecule has 6 nitrogen and oxygen atoms in total. The third kappa shape index (κ3) is 9.43. The third-order valence-electron chi connectivity index (χ3n) is 4.38. The van der Waals surface area contributed by atoms with Gasteiger partial charge in [-0.3, -0.25) is 4.90 Å². The molecule has 0 aromatic heterocycles. The number of rotatable bonds is 9. The van der Waals surface area contributed by atoms with Crippen LogP contribution in [0, 0.1) is 6.92 Å². The molecule has 0 radical (unpaired) electrons. The lowest BCUT2D eigenvalue weighted by molar-refractivity contribution is 0.0376. The van der Waals surface area contributed by atoms with E-state index in [4.69, 9.17) is 14.5 Å². The Bertz CT molecular complexity index is 590. The highest BCUT2D eigenvalue weighted by Crippen LogP contribution is 2.22. The molecule has 0 bridgehead atoms. The van der Waals surface area contributed by atoms with E-state index in [0.29, 0.717) is 6.54 Å². The summed E-state index contributed by atoms with van der Waals surface area (Å²) in [4.78, 5) is 7.20. The second-order valence-electron chi connectivity index (χ2n) is 7.21. The first-order valence-corrected chi connectivity index (χ1v) is 10.2. The van der Waals surface area contributed by atoms with E-state index in [0.717, 1.165) is 69.6 Å². The molecule has 0 saturated carbocycles. The zero-order chi connectivity index (χ0) is 19.5. The Labute approximate surface area is 187 Å². The molecule has 28 heavy (non-hydrogen) atoms. The molecule has 7 heteroatoms. The van der Waals surface area contributed by atoms with Gasteiger partial charge in [0.05, 0.1) is 25.9 Å². The molecule has 1 aliphatic rings. The Morgan fingerprint density at radius 3 is 2.68 bits per heavy atom. The number of ether oxygens (including phenoxy) is 2. The number of nitrogens with zero attached hydrogens (tertiary/aromatic N) is 2. The molecule has 1 saturated heterocycles. The molecule has 0 atom stereocenters. The lowest BCUT2D eigenvalue weighted by atomic mass is 10.1. The van der Waals surface area contributed by atoms with Crippen LogP contribution in [0.2, 0.25) is 0 Å². The average Bonchev–Trinajstić information content (AvgIpc) is 2.64. The van der Waals surface area contributed by atoms with Crippen LogP contribution in [0.1, 0.15) is 38.3 Å². The molecule has 1 aliphatic heterocycles. The second-order valence-corrected chi connectivity index (χ2v) is 7.21. The Hall–Kier alpha value is -1.06. The van der Waals surface area contributed by atoms with Crippen LogP contribution >= 0.6 is 24.0 Å². The third-order valence-corrected chi connectivity index (χ3v) is 4.38. The number of benzene rings is 1. The SMILES string of the molecule is CCNC(=NCc1ccc(C)cc1OC(C)C)NCCCN1CCOCC1.I. The Morgan fingerprint density at radius 1 is 1.25 bits per heavy atom. The van der Waals surface area contributed by atoms with Gasteiger partial charge in [0.25, 0.3) is 0 Å². The lowest BCUT2D eigenvalue weighted by Gasteiger charge is -2.26. The van der Waals surface area contributed by atoms with Crippen molar-refractivity contribution in [2.45, 2.75) is 46.8 Å². The lowest BCUT2D eigenvalue weighted by Crippen LogP contribution is -2.40. The van der Waals surface area contributed by atoms with Crippen molar-refractivity contribution in [3.05, 3.63) is 29.3 Å². The summed E-state index contributed by atoms with van der Waals surface area (Å²) in [5.41, 5.74) is 2.31. The van der Waals surface area contributed by atoms with E-state index in [1.165, 1.54) is 5.56 Å². The summed E-state index contributed by atoms with van der Waals surface area (Å²) in [5, 5.41) is 6.77. The van der Waals surface area contributed by atoms with Crippen LogP contribution in [0.3, 0.4) is 0 Å². The van der Waals surface area contributed by atoms with E-state index < -0.39 is 0 Å². The van der Waals surface area contributed by atoms with Crippen molar-refractivity contribution < 1.29 is 9.47 Å². The van der Waals surface area contributed by atoms with Crippen molar-refractivity contribution in [3.63, 3.8) is 0 Å². The van der Waals surface area contributed by atoms with E-state index >= 15 is 0 Å². The van der Waals surface area contributed by atoms with Crippen LogP contribution in [0.25, 0.3) is 0 Å². The fourth-order valence-corrected chi connectivity index (χ4v) is 3.00. The van der Waals surface area contributed by atoms with E-state index in [9.17, 15) is 0 Å². The smallest absolute Gasteiger partial charge is 0.191 e. The van der Waals surface area contributed by atoms with E-state index in [2.05, 4.69) is 61.4 Å². The van der Waals surface area contributed by atoms with Gasteiger partial charge in [-0.1, -0.05) is 12.1 Å². The largest absolute Gasteiger partial charge is 0.491 e. The van der Waals surface area contributed by atoms with Gasteiger partial charge in [0.15, 0.2) is 5.96 Å². The van der Waals surface area contributed by atoms with E-state index in [1.54, 1.807) is 0 Å². The van der Waals surface area contributed by atoms with Gasteiger partial charge in [0.2, 0.25) is 0 Å². The summed E-state index contributed by atoms with van der Waals surface area (Å²) in [6.45, 7) is 15.5. The summed E-state index contributed by atoms with van der Waals surface area (Å²) in [5.74, 6) is 1.78. The van der Waals surface area contributed by atoms with Crippen molar-refractivity contribution in [2.75, 3.05) is 45.9 Å². The summed E-state index contributed by atoms with van der Waals surface area (Å²) in [7, 11) is 0. The van der Waals surface area contributed by atoms with Crippen molar-refractivity contribution in [2.24, 2.45) is 4.99 Å². The van der Waals surface area contributed by atoms with Crippen LogP contribution < -0.4 is 15.4 Å². The van der Waals surface area contributed by atoms with Crippen LogP contribution in [0.15, 0.2) is 23.2 Å². The molecule has 2 rings (SSSR count). The summed E-state index contributed by atoms with van der Waals surface area (Å²) in [6.07, 6.45) is 1.25. The van der Waals surface area contributed by atoms with Crippen molar-refractivity contribution in [3.8, 4) is 5.75 Å². The molecule has 0 amide bonds. The van der Waals surface area contributed by atoms with Gasteiger partial charge >= 0.3 is 0 Å². The summed E-state index contributed by atoms with van der Waals surface area (Å²) < 4.78 is 11.4. The maximum atomic E-state index is 5.96. The van der Waals surface area contributed by atoms with Gasteiger partial charge in [-0.25, -0.2) is 4.99 Å². The molecule has 0 spiro atoms.